The Balaban J connectivity index is 1.77. The summed E-state index contributed by atoms with van der Waals surface area (Å²) in [5.74, 6) is 1.40. The number of anilines is 1. The lowest BCUT2D eigenvalue weighted by molar-refractivity contribution is 0.287. The van der Waals surface area contributed by atoms with Crippen molar-refractivity contribution in [1.29, 1.82) is 0 Å². The van der Waals surface area contributed by atoms with E-state index in [1.807, 2.05) is 31.2 Å². The summed E-state index contributed by atoms with van der Waals surface area (Å²) in [6, 6.07) is 16.5. The molecule has 24 heavy (non-hydrogen) atoms. The van der Waals surface area contributed by atoms with Crippen LogP contribution in [0.5, 0.6) is 5.75 Å². The van der Waals surface area contributed by atoms with Gasteiger partial charge in [-0.1, -0.05) is 43.7 Å². The summed E-state index contributed by atoms with van der Waals surface area (Å²) in [4.78, 5) is 0. The van der Waals surface area contributed by atoms with Crippen LogP contribution < -0.4 is 15.4 Å². The molecule has 0 spiro atoms. The molecular weight excluding hydrogens is 316 g/mol. The Morgan fingerprint density at radius 1 is 1.00 bits per heavy atom. The zero-order valence-corrected chi connectivity index (χ0v) is 15.6. The predicted octanol–water partition coefficient (Wildman–Crippen LogP) is 4.87. The van der Waals surface area contributed by atoms with Crippen molar-refractivity contribution in [3.8, 4) is 5.75 Å². The van der Waals surface area contributed by atoms with Gasteiger partial charge in [-0.3, -0.25) is 0 Å². The van der Waals surface area contributed by atoms with E-state index in [0.717, 1.165) is 11.4 Å². The molecule has 2 aromatic rings. The average molecular weight is 343 g/mol. The topological polar surface area (TPSA) is 33.3 Å². The van der Waals surface area contributed by atoms with Crippen molar-refractivity contribution in [3.05, 3.63) is 59.7 Å². The number of ether oxygens (including phenoxy) is 1. The van der Waals surface area contributed by atoms with E-state index in [9.17, 15) is 0 Å². The fourth-order valence-electron chi connectivity index (χ4n) is 2.24. The Labute approximate surface area is 150 Å². The van der Waals surface area contributed by atoms with Gasteiger partial charge in [-0.15, -0.1) is 0 Å². The minimum Gasteiger partial charge on any atom is -0.491 e. The maximum Gasteiger partial charge on any atom is 0.171 e. The molecule has 0 fully saturated rings. The predicted molar refractivity (Wildman–Crippen MR) is 106 cm³/mol. The summed E-state index contributed by atoms with van der Waals surface area (Å²) in [5.41, 5.74) is 3.53. The van der Waals surface area contributed by atoms with Crippen LogP contribution in [-0.4, -0.2) is 17.8 Å². The monoisotopic (exact) mass is 342 g/mol. The Morgan fingerprint density at radius 3 is 2.21 bits per heavy atom. The van der Waals surface area contributed by atoms with Gasteiger partial charge in [-0.05, 0) is 61.8 Å². The van der Waals surface area contributed by atoms with Crippen molar-refractivity contribution in [1.82, 2.24) is 5.32 Å². The first-order valence-electron chi connectivity index (χ1n) is 8.31. The van der Waals surface area contributed by atoms with Crippen LogP contribution >= 0.6 is 12.2 Å². The number of thiocarbonyl (C=S) groups is 1. The Morgan fingerprint density at radius 2 is 1.62 bits per heavy atom. The van der Waals surface area contributed by atoms with Crippen LogP contribution in [0.1, 0.15) is 37.8 Å². The number of nitrogens with one attached hydrogen (secondary N) is 2. The van der Waals surface area contributed by atoms with Crippen LogP contribution in [0.25, 0.3) is 0 Å². The normalized spacial score (nSPS) is 11.9. The van der Waals surface area contributed by atoms with Crippen molar-refractivity contribution in [2.45, 2.75) is 39.7 Å². The molecule has 0 aliphatic rings. The molecule has 2 rings (SSSR count). The third kappa shape index (κ3) is 5.85. The van der Waals surface area contributed by atoms with E-state index < -0.39 is 0 Å². The molecule has 0 saturated carbocycles. The van der Waals surface area contributed by atoms with Crippen molar-refractivity contribution in [2.24, 2.45) is 0 Å². The van der Waals surface area contributed by atoms with Gasteiger partial charge in [0.25, 0.3) is 0 Å². The first-order chi connectivity index (χ1) is 11.4. The largest absolute Gasteiger partial charge is 0.491 e. The second kappa shape index (κ2) is 8.69. The highest BCUT2D eigenvalue weighted by molar-refractivity contribution is 7.80. The van der Waals surface area contributed by atoms with Gasteiger partial charge in [-0.2, -0.15) is 0 Å². The molecular formula is C20H26N2OS. The van der Waals surface area contributed by atoms with E-state index in [-0.39, 0.29) is 6.04 Å². The summed E-state index contributed by atoms with van der Waals surface area (Å²) in [6.07, 6.45) is 0. The summed E-state index contributed by atoms with van der Waals surface area (Å²) in [7, 11) is 0. The summed E-state index contributed by atoms with van der Waals surface area (Å²) >= 11 is 5.37. The lowest BCUT2D eigenvalue weighted by Gasteiger charge is -2.18. The highest BCUT2D eigenvalue weighted by atomic mass is 32.1. The van der Waals surface area contributed by atoms with Gasteiger partial charge in [0.2, 0.25) is 0 Å². The van der Waals surface area contributed by atoms with E-state index in [0.29, 0.717) is 17.6 Å². The quantitative estimate of drug-likeness (QED) is 0.734. The molecule has 0 aliphatic carbocycles. The number of hydrogen-bond acceptors (Lipinski definition) is 2. The van der Waals surface area contributed by atoms with Crippen molar-refractivity contribution < 1.29 is 4.74 Å². The van der Waals surface area contributed by atoms with Gasteiger partial charge < -0.3 is 15.4 Å². The number of benzene rings is 2. The Kier molecular flexibility index (Phi) is 6.62. The number of aryl methyl sites for hydroxylation is 1. The van der Waals surface area contributed by atoms with Gasteiger partial charge >= 0.3 is 0 Å². The standard InChI is InChI=1S/C20H26N2OS/c1-14(2)17-7-9-18(10-8-17)22-20(24)21-16(4)13-23-19-11-5-15(3)6-12-19/h5-12,14,16H,13H2,1-4H3,(H2,21,22,24)/t16-/m0/s1. The molecule has 0 unspecified atom stereocenters. The molecule has 128 valence electrons. The fourth-order valence-corrected chi connectivity index (χ4v) is 2.56. The van der Waals surface area contributed by atoms with Crippen LogP contribution in [0.2, 0.25) is 0 Å². The van der Waals surface area contributed by atoms with Crippen LogP contribution in [-0.2, 0) is 0 Å². The van der Waals surface area contributed by atoms with E-state index in [2.05, 4.69) is 55.7 Å². The van der Waals surface area contributed by atoms with Crippen molar-refractivity contribution in [2.75, 3.05) is 11.9 Å². The molecule has 1 atom stereocenters. The Bertz CT molecular complexity index is 650. The molecule has 0 heterocycles. The minimum absolute atomic E-state index is 0.112. The average Bonchev–Trinajstić information content (AvgIpc) is 2.54. The van der Waals surface area contributed by atoms with E-state index >= 15 is 0 Å². The van der Waals surface area contributed by atoms with Gasteiger partial charge in [0.15, 0.2) is 5.11 Å². The molecule has 0 bridgehead atoms. The smallest absolute Gasteiger partial charge is 0.171 e. The molecule has 0 saturated heterocycles. The van der Waals surface area contributed by atoms with E-state index in [1.54, 1.807) is 0 Å². The maximum absolute atomic E-state index is 5.77. The third-order valence-corrected chi connectivity index (χ3v) is 3.95. The molecule has 0 radical (unpaired) electrons. The zero-order chi connectivity index (χ0) is 17.5. The first-order valence-corrected chi connectivity index (χ1v) is 8.72. The molecule has 0 aromatic heterocycles. The molecule has 0 aliphatic heterocycles. The van der Waals surface area contributed by atoms with Crippen molar-refractivity contribution in [3.63, 3.8) is 0 Å². The molecule has 0 amide bonds. The highest BCUT2D eigenvalue weighted by Gasteiger charge is 2.06. The van der Waals surface area contributed by atoms with Crippen LogP contribution in [0.3, 0.4) is 0 Å². The Hall–Kier alpha value is -2.07. The summed E-state index contributed by atoms with van der Waals surface area (Å²) in [5, 5.41) is 7.06. The number of rotatable bonds is 6. The second-order valence-corrected chi connectivity index (χ2v) is 6.81. The minimum atomic E-state index is 0.112. The summed E-state index contributed by atoms with van der Waals surface area (Å²) < 4.78 is 5.77. The number of hydrogen-bond donors (Lipinski definition) is 2. The lowest BCUT2D eigenvalue weighted by Crippen LogP contribution is -2.39. The fraction of sp³-hybridized carbons (Fsp3) is 0.350. The lowest BCUT2D eigenvalue weighted by atomic mass is 10.0. The van der Waals surface area contributed by atoms with Gasteiger partial charge in [0.05, 0.1) is 6.04 Å². The third-order valence-electron chi connectivity index (χ3n) is 3.73. The maximum atomic E-state index is 5.77. The highest BCUT2D eigenvalue weighted by Crippen LogP contribution is 2.17. The zero-order valence-electron chi connectivity index (χ0n) is 14.8. The van der Waals surface area contributed by atoms with E-state index in [1.165, 1.54) is 11.1 Å². The molecule has 2 aromatic carbocycles. The SMILES string of the molecule is Cc1ccc(OC[C@H](C)NC(=S)Nc2ccc(C(C)C)cc2)cc1. The van der Waals surface area contributed by atoms with Crippen LogP contribution in [0.15, 0.2) is 48.5 Å². The van der Waals surface area contributed by atoms with Gasteiger partial charge in [0, 0.05) is 5.69 Å². The molecule has 4 heteroatoms. The van der Waals surface area contributed by atoms with Gasteiger partial charge in [-0.25, -0.2) is 0 Å². The first kappa shape index (κ1) is 18.3. The van der Waals surface area contributed by atoms with E-state index in [4.69, 9.17) is 17.0 Å². The van der Waals surface area contributed by atoms with Gasteiger partial charge in [0.1, 0.15) is 12.4 Å². The second-order valence-electron chi connectivity index (χ2n) is 6.40. The summed E-state index contributed by atoms with van der Waals surface area (Å²) in [6.45, 7) is 9.03. The van der Waals surface area contributed by atoms with Crippen molar-refractivity contribution >= 4 is 23.0 Å². The molecule has 2 N–H and O–H groups in total. The molecule has 3 nitrogen and oxygen atoms in total. The van der Waals surface area contributed by atoms with Crippen LogP contribution in [0.4, 0.5) is 5.69 Å². The van der Waals surface area contributed by atoms with Crippen LogP contribution in [0, 0.1) is 6.92 Å².